The Morgan fingerprint density at radius 2 is 1.58 bits per heavy atom. The molecule has 0 fully saturated rings. The van der Waals surface area contributed by atoms with Gasteiger partial charge in [0.1, 0.15) is 12.3 Å². The van der Waals surface area contributed by atoms with Crippen molar-refractivity contribution in [2.24, 2.45) is 0 Å². The topological polar surface area (TPSA) is 122 Å². The standard InChI is InChI=1S/C27H27N3O6S2/c1-19-11-16-26(36-2)24(17-19)29-38(34,35)22-14-12-21(13-15-22)28-27(31)18-30(37(3,32)33)25-10-6-8-20-7-4-5-9-23(20)25/h4-17,29H,18H2,1-3H3,(H,28,31). The van der Waals surface area contributed by atoms with Crippen LogP contribution in [0.15, 0.2) is 89.8 Å². The van der Waals surface area contributed by atoms with Crippen LogP contribution >= 0.6 is 0 Å². The van der Waals surface area contributed by atoms with E-state index in [2.05, 4.69) is 10.0 Å². The molecular weight excluding hydrogens is 526 g/mol. The summed E-state index contributed by atoms with van der Waals surface area (Å²) < 4.78 is 59.8. The number of fused-ring (bicyclic) bond motifs is 1. The lowest BCUT2D eigenvalue weighted by Gasteiger charge is -2.23. The average molecular weight is 554 g/mol. The van der Waals surface area contributed by atoms with E-state index < -0.39 is 32.5 Å². The Kier molecular flexibility index (Phi) is 7.61. The summed E-state index contributed by atoms with van der Waals surface area (Å²) >= 11 is 0. The van der Waals surface area contributed by atoms with Gasteiger partial charge < -0.3 is 10.1 Å². The maximum Gasteiger partial charge on any atom is 0.262 e. The minimum Gasteiger partial charge on any atom is -0.495 e. The summed E-state index contributed by atoms with van der Waals surface area (Å²) in [4.78, 5) is 12.8. The molecule has 1 amide bonds. The summed E-state index contributed by atoms with van der Waals surface area (Å²) in [5.41, 5.74) is 1.86. The number of amides is 1. The molecule has 38 heavy (non-hydrogen) atoms. The molecule has 0 aromatic heterocycles. The van der Waals surface area contributed by atoms with Crippen molar-refractivity contribution in [3.63, 3.8) is 0 Å². The van der Waals surface area contributed by atoms with E-state index in [1.807, 2.05) is 25.1 Å². The van der Waals surface area contributed by atoms with E-state index in [9.17, 15) is 21.6 Å². The number of hydrogen-bond acceptors (Lipinski definition) is 6. The summed E-state index contributed by atoms with van der Waals surface area (Å²) in [5.74, 6) is -0.203. The number of aryl methyl sites for hydroxylation is 1. The van der Waals surface area contributed by atoms with Crippen molar-refractivity contribution in [3.05, 3.63) is 90.5 Å². The number of benzene rings is 4. The summed E-state index contributed by atoms with van der Waals surface area (Å²) in [6, 6.07) is 23.2. The van der Waals surface area contributed by atoms with Crippen LogP contribution in [0.2, 0.25) is 0 Å². The Labute approximate surface area is 222 Å². The summed E-state index contributed by atoms with van der Waals surface area (Å²) in [6.07, 6.45) is 1.04. The Morgan fingerprint density at radius 1 is 0.895 bits per heavy atom. The molecule has 0 saturated carbocycles. The van der Waals surface area contributed by atoms with Crippen molar-refractivity contribution in [1.82, 2.24) is 0 Å². The number of hydrogen-bond donors (Lipinski definition) is 2. The first-order valence-electron chi connectivity index (χ1n) is 11.5. The van der Waals surface area contributed by atoms with E-state index in [-0.39, 0.29) is 4.90 Å². The van der Waals surface area contributed by atoms with E-state index in [0.717, 1.165) is 21.5 Å². The molecule has 4 aromatic carbocycles. The van der Waals surface area contributed by atoms with Gasteiger partial charge in [0, 0.05) is 11.1 Å². The highest BCUT2D eigenvalue weighted by molar-refractivity contribution is 7.92. The third kappa shape index (κ3) is 6.06. The number of carbonyl (C=O) groups excluding carboxylic acids is 1. The SMILES string of the molecule is COc1ccc(C)cc1NS(=O)(=O)c1ccc(NC(=O)CN(c2cccc3ccccc23)S(C)(=O)=O)cc1. The number of anilines is 3. The smallest absolute Gasteiger partial charge is 0.262 e. The first kappa shape index (κ1) is 27.0. The van der Waals surface area contributed by atoms with Crippen LogP contribution in [0.3, 0.4) is 0 Å². The van der Waals surface area contributed by atoms with Crippen molar-refractivity contribution in [1.29, 1.82) is 0 Å². The molecule has 0 aliphatic rings. The second-order valence-corrected chi connectivity index (χ2v) is 12.2. The molecule has 0 unspecified atom stereocenters. The Morgan fingerprint density at radius 3 is 2.26 bits per heavy atom. The molecular formula is C27H27N3O6S2. The van der Waals surface area contributed by atoms with Crippen LogP contribution in [0.25, 0.3) is 10.8 Å². The zero-order valence-corrected chi connectivity index (χ0v) is 22.6. The van der Waals surface area contributed by atoms with Gasteiger partial charge in [-0.15, -0.1) is 0 Å². The molecule has 0 saturated heterocycles. The monoisotopic (exact) mass is 553 g/mol. The molecule has 0 bridgehead atoms. The van der Waals surface area contributed by atoms with Crippen LogP contribution in [0.1, 0.15) is 5.56 Å². The zero-order valence-electron chi connectivity index (χ0n) is 21.0. The molecule has 9 nitrogen and oxygen atoms in total. The van der Waals surface area contributed by atoms with Crippen molar-refractivity contribution < 1.29 is 26.4 Å². The molecule has 11 heteroatoms. The van der Waals surface area contributed by atoms with E-state index in [0.29, 0.717) is 28.2 Å². The maximum absolute atomic E-state index is 12.9. The molecule has 0 radical (unpaired) electrons. The first-order chi connectivity index (χ1) is 18.0. The Bertz CT molecular complexity index is 1700. The van der Waals surface area contributed by atoms with Crippen LogP contribution in [0.4, 0.5) is 17.1 Å². The molecule has 0 aliphatic heterocycles. The lowest BCUT2D eigenvalue weighted by atomic mass is 10.1. The molecule has 4 rings (SSSR count). The third-order valence-electron chi connectivity index (χ3n) is 5.77. The molecule has 2 N–H and O–H groups in total. The van der Waals surface area contributed by atoms with E-state index in [1.165, 1.54) is 31.4 Å². The Balaban J connectivity index is 1.51. The number of nitrogens with zero attached hydrogens (tertiary/aromatic N) is 1. The van der Waals surface area contributed by atoms with Gasteiger partial charge in [-0.05, 0) is 60.3 Å². The largest absolute Gasteiger partial charge is 0.495 e. The van der Waals surface area contributed by atoms with Crippen LogP contribution in [0, 0.1) is 6.92 Å². The average Bonchev–Trinajstić information content (AvgIpc) is 2.87. The molecule has 4 aromatic rings. The predicted molar refractivity (Wildman–Crippen MR) is 150 cm³/mol. The maximum atomic E-state index is 12.9. The predicted octanol–water partition coefficient (Wildman–Crippen LogP) is 4.36. The van der Waals surface area contributed by atoms with Gasteiger partial charge >= 0.3 is 0 Å². The molecule has 198 valence electrons. The van der Waals surface area contributed by atoms with Crippen LogP contribution < -0.4 is 19.1 Å². The summed E-state index contributed by atoms with van der Waals surface area (Å²) in [5, 5.41) is 4.17. The molecule has 0 spiro atoms. The van der Waals surface area contributed by atoms with Crippen LogP contribution in [0.5, 0.6) is 5.75 Å². The first-order valence-corrected chi connectivity index (χ1v) is 14.8. The molecule has 0 aliphatic carbocycles. The number of ether oxygens (including phenoxy) is 1. The quantitative estimate of drug-likeness (QED) is 0.318. The number of rotatable bonds is 9. The van der Waals surface area contributed by atoms with E-state index in [4.69, 9.17) is 4.74 Å². The fraction of sp³-hybridized carbons (Fsp3) is 0.148. The number of methoxy groups -OCH3 is 1. The lowest BCUT2D eigenvalue weighted by Crippen LogP contribution is -2.37. The summed E-state index contributed by atoms with van der Waals surface area (Å²) in [7, 11) is -6.27. The highest BCUT2D eigenvalue weighted by atomic mass is 32.2. The molecule has 0 heterocycles. The van der Waals surface area contributed by atoms with Gasteiger partial charge in [0.2, 0.25) is 15.9 Å². The van der Waals surface area contributed by atoms with Crippen molar-refractivity contribution in [3.8, 4) is 5.75 Å². The summed E-state index contributed by atoms with van der Waals surface area (Å²) in [6.45, 7) is 1.38. The second-order valence-electron chi connectivity index (χ2n) is 8.65. The normalized spacial score (nSPS) is 11.7. The fourth-order valence-electron chi connectivity index (χ4n) is 3.96. The van der Waals surface area contributed by atoms with Crippen molar-refractivity contribution in [2.45, 2.75) is 11.8 Å². The molecule has 0 atom stereocenters. The van der Waals surface area contributed by atoms with Gasteiger partial charge in [0.15, 0.2) is 0 Å². The highest BCUT2D eigenvalue weighted by Crippen LogP contribution is 2.29. The second kappa shape index (κ2) is 10.7. The lowest BCUT2D eigenvalue weighted by molar-refractivity contribution is -0.114. The van der Waals surface area contributed by atoms with Crippen LogP contribution in [-0.2, 0) is 24.8 Å². The van der Waals surface area contributed by atoms with Gasteiger partial charge in [-0.25, -0.2) is 16.8 Å². The van der Waals surface area contributed by atoms with Gasteiger partial charge in [-0.3, -0.25) is 13.8 Å². The zero-order chi connectivity index (χ0) is 27.5. The minimum atomic E-state index is -3.93. The van der Waals surface area contributed by atoms with Crippen molar-refractivity contribution >= 4 is 53.8 Å². The number of sulfonamides is 2. The minimum absolute atomic E-state index is 0.0208. The number of nitrogens with one attached hydrogen (secondary N) is 2. The number of carbonyl (C=O) groups is 1. The van der Waals surface area contributed by atoms with Gasteiger partial charge in [0.25, 0.3) is 10.0 Å². The van der Waals surface area contributed by atoms with Crippen molar-refractivity contribution in [2.75, 3.05) is 34.3 Å². The van der Waals surface area contributed by atoms with E-state index >= 15 is 0 Å². The van der Waals surface area contributed by atoms with Crippen LogP contribution in [-0.4, -0.2) is 42.7 Å². The third-order valence-corrected chi connectivity index (χ3v) is 8.28. The van der Waals surface area contributed by atoms with Gasteiger partial charge in [-0.2, -0.15) is 0 Å². The van der Waals surface area contributed by atoms with E-state index in [1.54, 1.807) is 42.5 Å². The van der Waals surface area contributed by atoms with Gasteiger partial charge in [0.05, 0.1) is 29.6 Å². The Hall–Kier alpha value is -4.09. The highest BCUT2D eigenvalue weighted by Gasteiger charge is 2.23. The fourth-order valence-corrected chi connectivity index (χ4v) is 5.89. The van der Waals surface area contributed by atoms with Gasteiger partial charge in [-0.1, -0.05) is 42.5 Å².